The van der Waals surface area contributed by atoms with Crippen LogP contribution in [-0.2, 0) is 4.79 Å². The molecule has 0 saturated heterocycles. The number of carbonyl (C=O) groups excluding carboxylic acids is 1. The van der Waals surface area contributed by atoms with E-state index in [9.17, 15) is 4.79 Å². The number of carbonyl (C=O) groups is 1. The van der Waals surface area contributed by atoms with Crippen LogP contribution in [0.2, 0.25) is 0 Å². The number of Topliss-reactive ketones (excluding diaryl/α,β-unsaturated/α-hetero) is 1. The molecule has 1 saturated carbocycles. The fourth-order valence-electron chi connectivity index (χ4n) is 0.980. The third-order valence-electron chi connectivity index (χ3n) is 1.78. The van der Waals surface area contributed by atoms with Gasteiger partial charge in [-0.1, -0.05) is 6.92 Å². The summed E-state index contributed by atoms with van der Waals surface area (Å²) < 4.78 is 0. The quantitative estimate of drug-likeness (QED) is 0.552. The molecule has 2 heteroatoms. The zero-order valence-electron chi connectivity index (χ0n) is 5.42. The highest BCUT2D eigenvalue weighted by Gasteiger charge is 2.38. The zero-order valence-corrected chi connectivity index (χ0v) is 5.42. The standard InChI is InChI=1S/C7H9NO/c1-5-4-6(5)7(9)2-3-8/h5-6H,2,4H2,1H3/t5-,6-/m1/s1. The predicted molar refractivity (Wildman–Crippen MR) is 32.5 cm³/mol. The monoisotopic (exact) mass is 123 g/mol. The molecule has 1 fully saturated rings. The molecule has 2 atom stereocenters. The third kappa shape index (κ3) is 1.29. The Morgan fingerprint density at radius 2 is 2.44 bits per heavy atom. The number of ketones is 1. The molecule has 2 nitrogen and oxygen atoms in total. The Morgan fingerprint density at radius 3 is 2.78 bits per heavy atom. The number of nitriles is 1. The summed E-state index contributed by atoms with van der Waals surface area (Å²) in [6.07, 6.45) is 1.11. The van der Waals surface area contributed by atoms with E-state index in [-0.39, 0.29) is 18.1 Å². The van der Waals surface area contributed by atoms with Crippen LogP contribution in [0.3, 0.4) is 0 Å². The van der Waals surface area contributed by atoms with E-state index >= 15 is 0 Å². The number of hydrogen-bond donors (Lipinski definition) is 0. The van der Waals surface area contributed by atoms with Crippen molar-refractivity contribution in [3.8, 4) is 6.07 Å². The van der Waals surface area contributed by atoms with E-state index in [4.69, 9.17) is 5.26 Å². The van der Waals surface area contributed by atoms with Crippen molar-refractivity contribution in [3.63, 3.8) is 0 Å². The van der Waals surface area contributed by atoms with E-state index in [1.165, 1.54) is 0 Å². The number of nitrogens with zero attached hydrogens (tertiary/aromatic N) is 1. The molecule has 0 N–H and O–H groups in total. The maximum Gasteiger partial charge on any atom is 0.150 e. The number of hydrogen-bond acceptors (Lipinski definition) is 2. The van der Waals surface area contributed by atoms with Crippen molar-refractivity contribution in [3.05, 3.63) is 0 Å². The van der Waals surface area contributed by atoms with E-state index in [1.54, 1.807) is 0 Å². The molecule has 0 aromatic carbocycles. The molecule has 0 unspecified atom stereocenters. The first-order chi connectivity index (χ1) is 4.25. The maximum atomic E-state index is 10.8. The first kappa shape index (κ1) is 6.28. The van der Waals surface area contributed by atoms with Gasteiger partial charge in [0, 0.05) is 5.92 Å². The van der Waals surface area contributed by atoms with Gasteiger partial charge >= 0.3 is 0 Å². The van der Waals surface area contributed by atoms with Crippen molar-refractivity contribution in [2.45, 2.75) is 19.8 Å². The lowest BCUT2D eigenvalue weighted by molar-refractivity contribution is -0.119. The van der Waals surface area contributed by atoms with Crippen molar-refractivity contribution < 1.29 is 4.79 Å². The van der Waals surface area contributed by atoms with Crippen LogP contribution in [0.1, 0.15) is 19.8 Å². The van der Waals surface area contributed by atoms with E-state index in [0.29, 0.717) is 5.92 Å². The lowest BCUT2D eigenvalue weighted by Gasteiger charge is -1.86. The number of rotatable bonds is 2. The molecule has 0 radical (unpaired) electrons. The molecule has 1 aliphatic rings. The van der Waals surface area contributed by atoms with Crippen molar-refractivity contribution in [1.29, 1.82) is 5.26 Å². The summed E-state index contributed by atoms with van der Waals surface area (Å²) in [5.74, 6) is 0.903. The van der Waals surface area contributed by atoms with Gasteiger partial charge in [-0.05, 0) is 12.3 Å². The molecule has 1 aliphatic carbocycles. The Balaban J connectivity index is 2.30. The van der Waals surface area contributed by atoms with E-state index in [0.717, 1.165) is 6.42 Å². The van der Waals surface area contributed by atoms with Crippen LogP contribution in [0.4, 0.5) is 0 Å². The average Bonchev–Trinajstić information content (AvgIpc) is 2.47. The van der Waals surface area contributed by atoms with Crippen LogP contribution in [0.5, 0.6) is 0 Å². The van der Waals surface area contributed by atoms with Gasteiger partial charge in [-0.3, -0.25) is 4.79 Å². The topological polar surface area (TPSA) is 40.9 Å². The summed E-state index contributed by atoms with van der Waals surface area (Å²) in [4.78, 5) is 10.8. The van der Waals surface area contributed by atoms with Crippen molar-refractivity contribution >= 4 is 5.78 Å². The Kier molecular flexibility index (Phi) is 1.52. The summed E-state index contributed by atoms with van der Waals surface area (Å²) in [7, 11) is 0. The molecular formula is C7H9NO. The van der Waals surface area contributed by atoms with Crippen LogP contribution in [0.25, 0.3) is 0 Å². The van der Waals surface area contributed by atoms with Crippen LogP contribution in [0.15, 0.2) is 0 Å². The molecule has 0 heterocycles. The van der Waals surface area contributed by atoms with Crippen LogP contribution in [-0.4, -0.2) is 5.78 Å². The third-order valence-corrected chi connectivity index (χ3v) is 1.78. The minimum absolute atomic E-state index is 0.106. The lowest BCUT2D eigenvalue weighted by atomic mass is 10.2. The molecule has 0 spiro atoms. The molecule has 0 bridgehead atoms. The highest BCUT2D eigenvalue weighted by Crippen LogP contribution is 2.38. The molecular weight excluding hydrogens is 114 g/mol. The van der Waals surface area contributed by atoms with Gasteiger partial charge in [0.25, 0.3) is 0 Å². The minimum atomic E-state index is 0.106. The summed E-state index contributed by atoms with van der Waals surface area (Å²) in [6, 6.07) is 1.86. The van der Waals surface area contributed by atoms with Crippen LogP contribution < -0.4 is 0 Å². The van der Waals surface area contributed by atoms with Crippen LogP contribution >= 0.6 is 0 Å². The summed E-state index contributed by atoms with van der Waals surface area (Å²) in [5, 5.41) is 8.13. The van der Waals surface area contributed by atoms with Gasteiger partial charge in [0.2, 0.25) is 0 Å². The highest BCUT2D eigenvalue weighted by molar-refractivity contribution is 5.85. The second-order valence-corrected chi connectivity index (χ2v) is 2.62. The Hall–Kier alpha value is -0.840. The van der Waals surface area contributed by atoms with E-state index in [2.05, 4.69) is 0 Å². The zero-order chi connectivity index (χ0) is 6.85. The molecule has 9 heavy (non-hydrogen) atoms. The van der Waals surface area contributed by atoms with Gasteiger partial charge in [-0.2, -0.15) is 5.26 Å². The van der Waals surface area contributed by atoms with Gasteiger partial charge < -0.3 is 0 Å². The average molecular weight is 123 g/mol. The van der Waals surface area contributed by atoms with E-state index in [1.807, 2.05) is 13.0 Å². The molecule has 1 rings (SSSR count). The molecule has 48 valence electrons. The minimum Gasteiger partial charge on any atom is -0.298 e. The van der Waals surface area contributed by atoms with Crippen molar-refractivity contribution in [2.24, 2.45) is 11.8 Å². The van der Waals surface area contributed by atoms with Gasteiger partial charge in [-0.25, -0.2) is 0 Å². The lowest BCUT2D eigenvalue weighted by Crippen LogP contribution is -1.98. The maximum absolute atomic E-state index is 10.8. The van der Waals surface area contributed by atoms with Gasteiger partial charge in [-0.15, -0.1) is 0 Å². The second-order valence-electron chi connectivity index (χ2n) is 2.62. The molecule has 0 aromatic heterocycles. The van der Waals surface area contributed by atoms with Gasteiger partial charge in [0.1, 0.15) is 5.78 Å². The van der Waals surface area contributed by atoms with Gasteiger partial charge in [0.05, 0.1) is 12.5 Å². The fourth-order valence-corrected chi connectivity index (χ4v) is 0.980. The first-order valence-corrected chi connectivity index (χ1v) is 3.15. The first-order valence-electron chi connectivity index (χ1n) is 3.15. The van der Waals surface area contributed by atoms with Crippen molar-refractivity contribution in [2.75, 3.05) is 0 Å². The largest absolute Gasteiger partial charge is 0.298 e. The summed E-state index contributed by atoms with van der Waals surface area (Å²) in [6.45, 7) is 2.04. The second kappa shape index (κ2) is 2.18. The smallest absolute Gasteiger partial charge is 0.150 e. The fraction of sp³-hybridized carbons (Fsp3) is 0.714. The SMILES string of the molecule is C[C@@H]1C[C@H]1C(=O)CC#N. The molecule has 0 aliphatic heterocycles. The Morgan fingerprint density at radius 1 is 1.89 bits per heavy atom. The molecule has 0 amide bonds. The summed E-state index contributed by atoms with van der Waals surface area (Å²) >= 11 is 0. The highest BCUT2D eigenvalue weighted by atomic mass is 16.1. The van der Waals surface area contributed by atoms with Crippen molar-refractivity contribution in [1.82, 2.24) is 0 Å². The summed E-state index contributed by atoms with van der Waals surface area (Å²) in [5.41, 5.74) is 0. The van der Waals surface area contributed by atoms with E-state index < -0.39 is 0 Å². The normalized spacial score (nSPS) is 31.1. The van der Waals surface area contributed by atoms with Gasteiger partial charge in [0.15, 0.2) is 0 Å². The Labute approximate surface area is 54.5 Å². The Bertz CT molecular complexity index is 168. The van der Waals surface area contributed by atoms with Crippen LogP contribution in [0, 0.1) is 23.2 Å². The predicted octanol–water partition coefficient (Wildman–Crippen LogP) is 1.13. The molecule has 0 aromatic rings.